The fourth-order valence-electron chi connectivity index (χ4n) is 3.81. The minimum Gasteiger partial charge on any atom is -0.452 e. The van der Waals surface area contributed by atoms with Crippen molar-refractivity contribution in [3.8, 4) is 0 Å². The molecule has 1 saturated heterocycles. The van der Waals surface area contributed by atoms with E-state index >= 15 is 0 Å². The number of halogens is 1. The number of benzene rings is 2. The van der Waals surface area contributed by atoms with Crippen LogP contribution in [0, 0.1) is 5.82 Å². The molecule has 176 valence electrons. The molecule has 1 fully saturated rings. The second-order valence-electron chi connectivity index (χ2n) is 8.07. The van der Waals surface area contributed by atoms with Gasteiger partial charge < -0.3 is 14.5 Å². The highest BCUT2D eigenvalue weighted by Crippen LogP contribution is 2.22. The second-order valence-corrected chi connectivity index (χ2v) is 8.07. The predicted molar refractivity (Wildman–Crippen MR) is 123 cm³/mol. The molecule has 1 aliphatic heterocycles. The lowest BCUT2D eigenvalue weighted by atomic mass is 10.1. The molecule has 3 aromatic rings. The van der Waals surface area contributed by atoms with Crippen LogP contribution in [0.1, 0.15) is 33.2 Å². The Morgan fingerprint density at radius 1 is 1.00 bits per heavy atom. The highest BCUT2D eigenvalue weighted by atomic mass is 19.1. The number of carbonyl (C=O) groups is 3. The Hall–Kier alpha value is -4.01. The molecule has 34 heavy (non-hydrogen) atoms. The number of rotatable bonds is 7. The number of piperazine rings is 1. The Labute approximate surface area is 196 Å². The number of amides is 1. The minimum absolute atomic E-state index is 0.194. The Bertz CT molecular complexity index is 1170. The molecule has 1 aliphatic rings. The number of anilines is 1. The van der Waals surface area contributed by atoms with E-state index in [0.717, 1.165) is 5.56 Å². The molecule has 0 unspecified atom stereocenters. The fourth-order valence-corrected chi connectivity index (χ4v) is 3.81. The summed E-state index contributed by atoms with van der Waals surface area (Å²) in [6.45, 7) is 3.27. The highest BCUT2D eigenvalue weighted by Gasteiger charge is 2.24. The number of aromatic nitrogens is 2. The lowest BCUT2D eigenvalue weighted by Crippen LogP contribution is -2.50. The maximum Gasteiger partial charge on any atom is 0.338 e. The molecule has 0 spiro atoms. The molecule has 0 N–H and O–H groups in total. The lowest BCUT2D eigenvalue weighted by molar-refractivity contribution is -0.134. The van der Waals surface area contributed by atoms with Crippen LogP contribution in [-0.2, 0) is 16.1 Å². The third kappa shape index (κ3) is 5.48. The first-order chi connectivity index (χ1) is 16.4. The van der Waals surface area contributed by atoms with Crippen molar-refractivity contribution < 1.29 is 23.5 Å². The first kappa shape index (κ1) is 23.2. The van der Waals surface area contributed by atoms with E-state index in [1.54, 1.807) is 40.0 Å². The van der Waals surface area contributed by atoms with Crippen molar-refractivity contribution in [1.82, 2.24) is 14.7 Å². The van der Waals surface area contributed by atoms with E-state index in [9.17, 15) is 18.8 Å². The van der Waals surface area contributed by atoms with Crippen LogP contribution in [0.25, 0.3) is 0 Å². The van der Waals surface area contributed by atoms with E-state index in [1.807, 2.05) is 29.3 Å². The van der Waals surface area contributed by atoms with E-state index < -0.39 is 11.8 Å². The molecule has 9 heteroatoms. The molecular formula is C25H25FN4O4. The van der Waals surface area contributed by atoms with Gasteiger partial charge in [-0.05, 0) is 48.9 Å². The van der Waals surface area contributed by atoms with Gasteiger partial charge in [-0.1, -0.05) is 12.1 Å². The van der Waals surface area contributed by atoms with E-state index in [0.29, 0.717) is 49.5 Å². The third-order valence-corrected chi connectivity index (χ3v) is 5.75. The molecule has 0 saturated carbocycles. The number of hydrogen-bond donors (Lipinski definition) is 0. The van der Waals surface area contributed by atoms with Crippen LogP contribution in [0.5, 0.6) is 0 Å². The summed E-state index contributed by atoms with van der Waals surface area (Å²) < 4.78 is 21.4. The molecule has 2 aromatic carbocycles. The first-order valence-corrected chi connectivity index (χ1v) is 11.0. The average molecular weight is 464 g/mol. The number of esters is 1. The second kappa shape index (κ2) is 10.3. The van der Waals surface area contributed by atoms with Gasteiger partial charge in [-0.25, -0.2) is 9.18 Å². The minimum atomic E-state index is -0.565. The summed E-state index contributed by atoms with van der Waals surface area (Å²) >= 11 is 0. The van der Waals surface area contributed by atoms with Gasteiger partial charge in [-0.2, -0.15) is 5.10 Å². The first-order valence-electron chi connectivity index (χ1n) is 11.0. The highest BCUT2D eigenvalue weighted by molar-refractivity contribution is 5.94. The summed E-state index contributed by atoms with van der Waals surface area (Å²) in [5, 5.41) is 4.15. The van der Waals surface area contributed by atoms with E-state index in [4.69, 9.17) is 4.74 Å². The van der Waals surface area contributed by atoms with Gasteiger partial charge >= 0.3 is 5.97 Å². The Morgan fingerprint density at radius 2 is 1.71 bits per heavy atom. The van der Waals surface area contributed by atoms with Crippen molar-refractivity contribution in [1.29, 1.82) is 0 Å². The normalized spacial score (nSPS) is 13.6. The van der Waals surface area contributed by atoms with Crippen LogP contribution in [0.15, 0.2) is 60.9 Å². The third-order valence-electron chi connectivity index (χ3n) is 5.75. The number of ketones is 1. The Morgan fingerprint density at radius 3 is 2.32 bits per heavy atom. The number of hydrogen-bond acceptors (Lipinski definition) is 6. The molecule has 0 radical (unpaired) electrons. The molecular weight excluding hydrogens is 439 g/mol. The van der Waals surface area contributed by atoms with Crippen LogP contribution in [0.3, 0.4) is 0 Å². The van der Waals surface area contributed by atoms with Gasteiger partial charge in [-0.15, -0.1) is 0 Å². The van der Waals surface area contributed by atoms with Crippen LogP contribution < -0.4 is 4.90 Å². The molecule has 2 heterocycles. The number of ether oxygens (including phenoxy) is 1. The van der Waals surface area contributed by atoms with Crippen LogP contribution >= 0.6 is 0 Å². The monoisotopic (exact) mass is 464 g/mol. The number of carbonyl (C=O) groups excluding carboxylic acids is 3. The zero-order chi connectivity index (χ0) is 24.1. The van der Waals surface area contributed by atoms with E-state index in [-0.39, 0.29) is 18.3 Å². The van der Waals surface area contributed by atoms with E-state index in [2.05, 4.69) is 5.10 Å². The summed E-state index contributed by atoms with van der Waals surface area (Å²) in [5.74, 6) is -1.52. The number of nitrogens with zero attached hydrogens (tertiary/aromatic N) is 4. The topological polar surface area (TPSA) is 84.7 Å². The molecule has 1 aromatic heterocycles. The SMILES string of the molecule is CC(=O)c1ccc(N2CCN(C(=O)COC(=O)c3ccc(Cn4cccn4)cc3)CC2)c(F)c1. The summed E-state index contributed by atoms with van der Waals surface area (Å²) in [5.41, 5.74) is 2.08. The quantitative estimate of drug-likeness (QED) is 0.395. The van der Waals surface area contributed by atoms with Crippen molar-refractivity contribution in [2.45, 2.75) is 13.5 Å². The predicted octanol–water partition coefficient (Wildman–Crippen LogP) is 2.78. The Kier molecular flexibility index (Phi) is 7.01. The summed E-state index contributed by atoms with van der Waals surface area (Å²) in [7, 11) is 0. The number of Topliss-reactive ketones (excluding diaryl/α,β-unsaturated/α-hetero) is 1. The summed E-state index contributed by atoms with van der Waals surface area (Å²) in [6.07, 6.45) is 3.56. The molecule has 1 amide bonds. The molecule has 0 aliphatic carbocycles. The van der Waals surface area contributed by atoms with Crippen LogP contribution in [0.4, 0.5) is 10.1 Å². The molecule has 4 rings (SSSR count). The van der Waals surface area contributed by atoms with Crippen molar-refractivity contribution in [2.75, 3.05) is 37.7 Å². The average Bonchev–Trinajstić information content (AvgIpc) is 3.36. The van der Waals surface area contributed by atoms with Gasteiger partial charge in [0.15, 0.2) is 12.4 Å². The molecule has 0 atom stereocenters. The maximum absolute atomic E-state index is 14.4. The van der Waals surface area contributed by atoms with Crippen LogP contribution in [-0.4, -0.2) is 65.1 Å². The summed E-state index contributed by atoms with van der Waals surface area (Å²) in [4.78, 5) is 39.7. The van der Waals surface area contributed by atoms with Gasteiger partial charge in [0.1, 0.15) is 5.82 Å². The van der Waals surface area contributed by atoms with Crippen molar-refractivity contribution in [3.05, 3.63) is 83.4 Å². The Balaban J connectivity index is 1.25. The largest absolute Gasteiger partial charge is 0.452 e. The van der Waals surface area contributed by atoms with Crippen molar-refractivity contribution >= 4 is 23.3 Å². The smallest absolute Gasteiger partial charge is 0.338 e. The summed E-state index contributed by atoms with van der Waals surface area (Å²) in [6, 6.07) is 13.2. The maximum atomic E-state index is 14.4. The van der Waals surface area contributed by atoms with E-state index in [1.165, 1.54) is 13.0 Å². The molecule has 0 bridgehead atoms. The molecule has 8 nitrogen and oxygen atoms in total. The van der Waals surface area contributed by atoms with Gasteiger partial charge in [0.2, 0.25) is 0 Å². The zero-order valence-electron chi connectivity index (χ0n) is 18.8. The standard InChI is InChI=1S/C25H25FN4O4/c1-18(31)21-7-8-23(22(26)15-21)28-11-13-29(14-12-28)24(32)17-34-25(33)20-5-3-19(4-6-20)16-30-10-2-9-27-30/h2-10,15H,11-14,16-17H2,1H3. The van der Waals surface area contributed by atoms with Gasteiger partial charge in [0, 0.05) is 44.1 Å². The fraction of sp³-hybridized carbons (Fsp3) is 0.280. The van der Waals surface area contributed by atoms with Crippen LogP contribution in [0.2, 0.25) is 0 Å². The van der Waals surface area contributed by atoms with Gasteiger partial charge in [0.25, 0.3) is 5.91 Å². The zero-order valence-corrected chi connectivity index (χ0v) is 18.8. The lowest BCUT2D eigenvalue weighted by Gasteiger charge is -2.36. The van der Waals surface area contributed by atoms with Crippen molar-refractivity contribution in [2.24, 2.45) is 0 Å². The van der Waals surface area contributed by atoms with Crippen molar-refractivity contribution in [3.63, 3.8) is 0 Å². The van der Waals surface area contributed by atoms with Gasteiger partial charge in [0.05, 0.1) is 17.8 Å². The van der Waals surface area contributed by atoms with Gasteiger partial charge in [-0.3, -0.25) is 14.3 Å².